The number of thiazole rings is 1. The Kier molecular flexibility index (Phi) is 5.46. The van der Waals surface area contributed by atoms with Crippen LogP contribution in [0, 0.1) is 6.92 Å². The van der Waals surface area contributed by atoms with E-state index in [2.05, 4.69) is 20.9 Å². The van der Waals surface area contributed by atoms with Crippen molar-refractivity contribution in [2.45, 2.75) is 32.4 Å². The molecule has 3 aromatic carbocycles. The number of aliphatic hydroxyl groups excluding tert-OH is 1. The molecular formula is C28H21BrN2O4S. The molecule has 0 aliphatic carbocycles. The summed E-state index contributed by atoms with van der Waals surface area (Å²) >= 11 is 4.85. The molecule has 6 nitrogen and oxygen atoms in total. The van der Waals surface area contributed by atoms with Crippen LogP contribution >= 0.6 is 27.3 Å². The summed E-state index contributed by atoms with van der Waals surface area (Å²) < 4.78 is 7.51. The Bertz CT molecular complexity index is 1610. The van der Waals surface area contributed by atoms with Crippen molar-refractivity contribution < 1.29 is 19.4 Å². The molecule has 2 aliphatic heterocycles. The lowest BCUT2D eigenvalue weighted by atomic mass is 9.94. The van der Waals surface area contributed by atoms with Gasteiger partial charge in [0, 0.05) is 16.5 Å². The SMILES string of the molecule is Cc1ccc2nc(N3C(=O)C(=O)/C(=C(/O)c4ccc5c(c4)C[C@@H](C)O5)[C@H]3c3cccc(Br)c3)sc2c1. The van der Waals surface area contributed by atoms with E-state index >= 15 is 0 Å². The molecular weight excluding hydrogens is 540 g/mol. The molecule has 0 spiro atoms. The minimum Gasteiger partial charge on any atom is -0.507 e. The standard InChI is InChI=1S/C28H21BrN2O4S/c1-14-6-8-20-22(10-14)36-28(30-20)31-24(16-4-3-5-19(29)13-16)23(26(33)27(31)34)25(32)17-7-9-21-18(12-17)11-15(2)35-21/h3-10,12-13,15,24,32H,11H2,1-2H3/b25-23+/t15-,24-/m1/s1. The molecule has 180 valence electrons. The van der Waals surface area contributed by atoms with Crippen LogP contribution in [0.3, 0.4) is 0 Å². The normalized spacial score (nSPS) is 20.7. The molecule has 0 bridgehead atoms. The monoisotopic (exact) mass is 560 g/mol. The highest BCUT2D eigenvalue weighted by molar-refractivity contribution is 9.10. The van der Waals surface area contributed by atoms with Crippen LogP contribution in [0.15, 0.2) is 70.7 Å². The lowest BCUT2D eigenvalue weighted by Crippen LogP contribution is -2.29. The summed E-state index contributed by atoms with van der Waals surface area (Å²) in [6.45, 7) is 3.98. The summed E-state index contributed by atoms with van der Waals surface area (Å²) in [6, 6.07) is 17.8. The number of amides is 1. The number of nitrogens with zero attached hydrogens (tertiary/aromatic N) is 2. The summed E-state index contributed by atoms with van der Waals surface area (Å²) in [5.41, 5.74) is 4.01. The topological polar surface area (TPSA) is 79.7 Å². The fourth-order valence-electron chi connectivity index (χ4n) is 4.87. The van der Waals surface area contributed by atoms with Gasteiger partial charge in [-0.15, -0.1) is 0 Å². The number of carbonyl (C=O) groups is 2. The smallest absolute Gasteiger partial charge is 0.301 e. The van der Waals surface area contributed by atoms with E-state index in [1.807, 2.05) is 62.4 Å². The number of Topliss-reactive ketones (excluding diaryl/α,β-unsaturated/α-hetero) is 1. The van der Waals surface area contributed by atoms with Crippen molar-refractivity contribution in [1.29, 1.82) is 0 Å². The molecule has 0 radical (unpaired) electrons. The van der Waals surface area contributed by atoms with Gasteiger partial charge in [-0.25, -0.2) is 4.98 Å². The Balaban J connectivity index is 1.54. The number of carbonyl (C=O) groups excluding carboxylic acids is 2. The Hall–Kier alpha value is -3.49. The van der Waals surface area contributed by atoms with Crippen LogP contribution in [0.2, 0.25) is 0 Å². The van der Waals surface area contributed by atoms with Crippen LogP contribution in [0.5, 0.6) is 5.75 Å². The average Bonchev–Trinajstić information content (AvgIpc) is 3.50. The molecule has 3 heterocycles. The maximum Gasteiger partial charge on any atom is 0.301 e. The van der Waals surface area contributed by atoms with E-state index in [0.717, 1.165) is 31.6 Å². The van der Waals surface area contributed by atoms with Crippen LogP contribution in [-0.4, -0.2) is 27.9 Å². The highest BCUT2D eigenvalue weighted by Gasteiger charge is 2.48. The van der Waals surface area contributed by atoms with Crippen molar-refractivity contribution in [1.82, 2.24) is 4.98 Å². The number of aliphatic hydroxyl groups is 1. The first-order valence-corrected chi connectivity index (χ1v) is 13.1. The first-order chi connectivity index (χ1) is 17.3. The summed E-state index contributed by atoms with van der Waals surface area (Å²) in [4.78, 5) is 33.0. The molecule has 1 N–H and O–H groups in total. The van der Waals surface area contributed by atoms with Gasteiger partial charge in [0.05, 0.1) is 21.8 Å². The zero-order valence-corrected chi connectivity index (χ0v) is 21.9. The van der Waals surface area contributed by atoms with Crippen LogP contribution in [0.4, 0.5) is 5.13 Å². The fourth-order valence-corrected chi connectivity index (χ4v) is 6.38. The number of aryl methyl sites for hydroxylation is 1. The van der Waals surface area contributed by atoms with E-state index in [1.54, 1.807) is 12.1 Å². The van der Waals surface area contributed by atoms with Crippen LogP contribution in [-0.2, 0) is 16.0 Å². The maximum atomic E-state index is 13.5. The molecule has 8 heteroatoms. The molecule has 4 aromatic rings. The molecule has 36 heavy (non-hydrogen) atoms. The van der Waals surface area contributed by atoms with Gasteiger partial charge in [-0.3, -0.25) is 14.5 Å². The largest absolute Gasteiger partial charge is 0.507 e. The number of fused-ring (bicyclic) bond motifs is 2. The molecule has 1 fully saturated rings. The number of ketones is 1. The molecule has 2 atom stereocenters. The second kappa shape index (κ2) is 8.57. The van der Waals surface area contributed by atoms with Gasteiger partial charge >= 0.3 is 5.91 Å². The van der Waals surface area contributed by atoms with Gasteiger partial charge in [0.25, 0.3) is 5.78 Å². The predicted molar refractivity (Wildman–Crippen MR) is 144 cm³/mol. The van der Waals surface area contributed by atoms with Crippen LogP contribution in [0.25, 0.3) is 16.0 Å². The summed E-state index contributed by atoms with van der Waals surface area (Å²) in [5.74, 6) is -0.888. The number of hydrogen-bond donors (Lipinski definition) is 1. The van der Waals surface area contributed by atoms with Gasteiger partial charge in [0.15, 0.2) is 5.13 Å². The second-order valence-corrected chi connectivity index (χ2v) is 11.1. The van der Waals surface area contributed by atoms with Gasteiger partial charge in [0.2, 0.25) is 0 Å². The molecule has 1 amide bonds. The third-order valence-electron chi connectivity index (χ3n) is 6.52. The van der Waals surface area contributed by atoms with E-state index < -0.39 is 17.7 Å². The van der Waals surface area contributed by atoms with Crippen molar-refractivity contribution in [2.24, 2.45) is 0 Å². The average molecular weight is 561 g/mol. The number of anilines is 1. The van der Waals surface area contributed by atoms with Crippen molar-refractivity contribution in [2.75, 3.05) is 4.90 Å². The van der Waals surface area contributed by atoms with Crippen LogP contribution < -0.4 is 9.64 Å². The van der Waals surface area contributed by atoms with Gasteiger partial charge in [0.1, 0.15) is 17.6 Å². The van der Waals surface area contributed by atoms with Crippen molar-refractivity contribution in [3.8, 4) is 5.75 Å². The zero-order valence-electron chi connectivity index (χ0n) is 19.5. The Morgan fingerprint density at radius 2 is 1.97 bits per heavy atom. The number of halogens is 1. The first kappa shape index (κ1) is 22.9. The Morgan fingerprint density at radius 3 is 2.78 bits per heavy atom. The van der Waals surface area contributed by atoms with Gasteiger partial charge in [-0.1, -0.05) is 45.5 Å². The molecule has 2 aliphatic rings. The van der Waals surface area contributed by atoms with Crippen molar-refractivity contribution >= 4 is 60.1 Å². The minimum absolute atomic E-state index is 0.0421. The lowest BCUT2D eigenvalue weighted by Gasteiger charge is -2.23. The zero-order chi connectivity index (χ0) is 25.1. The van der Waals surface area contributed by atoms with E-state index in [1.165, 1.54) is 16.2 Å². The Morgan fingerprint density at radius 1 is 1.14 bits per heavy atom. The predicted octanol–water partition coefficient (Wildman–Crippen LogP) is 6.32. The third-order valence-corrected chi connectivity index (χ3v) is 8.03. The van der Waals surface area contributed by atoms with Gasteiger partial charge in [-0.05, 0) is 73.0 Å². The summed E-state index contributed by atoms with van der Waals surface area (Å²) in [7, 11) is 0. The molecule has 1 saturated heterocycles. The Labute approximate surface area is 220 Å². The number of rotatable bonds is 3. The molecule has 0 saturated carbocycles. The van der Waals surface area contributed by atoms with Crippen molar-refractivity contribution in [3.63, 3.8) is 0 Å². The van der Waals surface area contributed by atoms with Crippen LogP contribution in [0.1, 0.15) is 35.2 Å². The number of aromatic nitrogens is 1. The second-order valence-electron chi connectivity index (χ2n) is 9.15. The van der Waals surface area contributed by atoms with E-state index in [9.17, 15) is 14.7 Å². The van der Waals surface area contributed by atoms with E-state index in [-0.39, 0.29) is 17.4 Å². The van der Waals surface area contributed by atoms with E-state index in [0.29, 0.717) is 22.7 Å². The summed E-state index contributed by atoms with van der Waals surface area (Å²) in [5, 5.41) is 11.9. The number of hydrogen-bond acceptors (Lipinski definition) is 6. The highest BCUT2D eigenvalue weighted by Crippen LogP contribution is 2.45. The quantitative estimate of drug-likeness (QED) is 0.180. The van der Waals surface area contributed by atoms with Gasteiger partial charge in [-0.2, -0.15) is 0 Å². The lowest BCUT2D eigenvalue weighted by molar-refractivity contribution is -0.132. The number of benzene rings is 3. The third kappa shape index (κ3) is 3.72. The molecule has 1 aromatic heterocycles. The van der Waals surface area contributed by atoms with Gasteiger partial charge < -0.3 is 9.84 Å². The number of ether oxygens (including phenoxy) is 1. The minimum atomic E-state index is -0.826. The fraction of sp³-hybridized carbons (Fsp3) is 0.179. The summed E-state index contributed by atoms with van der Waals surface area (Å²) in [6.07, 6.45) is 0.762. The first-order valence-electron chi connectivity index (χ1n) is 11.5. The maximum absolute atomic E-state index is 13.5. The molecule has 6 rings (SSSR count). The van der Waals surface area contributed by atoms with Crippen molar-refractivity contribution in [3.05, 3.63) is 93.0 Å². The molecule has 0 unspecified atom stereocenters. The highest BCUT2D eigenvalue weighted by atomic mass is 79.9. The van der Waals surface area contributed by atoms with E-state index in [4.69, 9.17) is 4.74 Å².